The monoisotopic (exact) mass is 577 g/mol. The zero-order valence-corrected chi connectivity index (χ0v) is 23.4. The molecule has 1 aromatic heterocycles. The van der Waals surface area contributed by atoms with Crippen LogP contribution in [0.4, 0.5) is 24.7 Å². The van der Waals surface area contributed by atoms with E-state index in [9.17, 15) is 18.0 Å². The summed E-state index contributed by atoms with van der Waals surface area (Å²) in [6.07, 6.45) is -3.43. The molecule has 208 valence electrons. The van der Waals surface area contributed by atoms with Crippen LogP contribution in [0.15, 0.2) is 59.8 Å². The zero-order chi connectivity index (χ0) is 28.0. The van der Waals surface area contributed by atoms with Gasteiger partial charge in [-0.2, -0.15) is 13.2 Å². The number of rotatable bonds is 9. The number of hydrogen-bond donors (Lipinski definition) is 1. The number of carbonyl (C=O) groups is 1. The van der Waals surface area contributed by atoms with Crippen LogP contribution in [-0.4, -0.2) is 48.6 Å². The first-order valence-corrected chi connectivity index (χ1v) is 14.2. The summed E-state index contributed by atoms with van der Waals surface area (Å²) in [7, 11) is 0. The number of alkyl halides is 3. The largest absolute Gasteiger partial charge is 0.416 e. The molecule has 2 aromatic carbocycles. The van der Waals surface area contributed by atoms with Gasteiger partial charge in [0.25, 0.3) is 5.91 Å². The molecule has 1 fully saturated rings. The third-order valence-corrected chi connectivity index (χ3v) is 7.51. The van der Waals surface area contributed by atoms with Gasteiger partial charge in [-0.25, -0.2) is 9.97 Å². The second-order valence-corrected chi connectivity index (χ2v) is 11.1. The number of halogens is 4. The Labute approximate surface area is 236 Å². The molecule has 1 saturated heterocycles. The summed E-state index contributed by atoms with van der Waals surface area (Å²) in [5.41, 5.74) is 1.56. The molecule has 4 rings (SSSR count). The highest BCUT2D eigenvalue weighted by molar-refractivity contribution is 7.98. The summed E-state index contributed by atoms with van der Waals surface area (Å²) >= 11 is 7.75. The lowest BCUT2D eigenvalue weighted by Crippen LogP contribution is -2.47. The van der Waals surface area contributed by atoms with Crippen LogP contribution in [0.5, 0.6) is 0 Å². The van der Waals surface area contributed by atoms with Crippen molar-refractivity contribution in [3.8, 4) is 0 Å². The molecule has 2 heterocycles. The Hall–Kier alpha value is -2.98. The Morgan fingerprint density at radius 3 is 2.38 bits per heavy atom. The van der Waals surface area contributed by atoms with Crippen molar-refractivity contribution in [1.82, 2.24) is 15.3 Å². The quantitative estimate of drug-likeness (QED) is 0.177. The van der Waals surface area contributed by atoms with E-state index in [0.29, 0.717) is 71.8 Å². The number of amides is 1. The number of carbonyl (C=O) groups excluding carboxylic acids is 1. The van der Waals surface area contributed by atoms with Crippen LogP contribution in [0.1, 0.15) is 41.8 Å². The van der Waals surface area contributed by atoms with E-state index in [4.69, 9.17) is 11.6 Å². The van der Waals surface area contributed by atoms with Gasteiger partial charge in [-0.05, 0) is 48.2 Å². The average Bonchev–Trinajstić information content (AvgIpc) is 2.91. The van der Waals surface area contributed by atoms with Crippen LogP contribution in [0.2, 0.25) is 5.15 Å². The molecule has 0 bridgehead atoms. The predicted molar refractivity (Wildman–Crippen MR) is 151 cm³/mol. The Morgan fingerprint density at radius 2 is 1.72 bits per heavy atom. The molecular weight excluding hydrogens is 547 g/mol. The van der Waals surface area contributed by atoms with Crippen molar-refractivity contribution in [3.05, 3.63) is 76.4 Å². The summed E-state index contributed by atoms with van der Waals surface area (Å²) in [5, 5.41) is 3.81. The third-order valence-electron chi connectivity index (χ3n) is 6.39. The number of nitrogens with one attached hydrogen (secondary N) is 1. The molecule has 3 aromatic rings. The van der Waals surface area contributed by atoms with Crippen LogP contribution in [0.3, 0.4) is 0 Å². The minimum absolute atomic E-state index is 0.0779. The van der Waals surface area contributed by atoms with Crippen LogP contribution in [0.25, 0.3) is 0 Å². The number of piperazine rings is 1. The Bertz CT molecular complexity index is 1260. The zero-order valence-electron chi connectivity index (χ0n) is 21.8. The summed E-state index contributed by atoms with van der Waals surface area (Å²) < 4.78 is 39.3. The van der Waals surface area contributed by atoms with E-state index >= 15 is 0 Å². The number of thioether (sulfide) groups is 1. The van der Waals surface area contributed by atoms with Crippen molar-refractivity contribution in [3.63, 3.8) is 0 Å². The van der Waals surface area contributed by atoms with Crippen LogP contribution < -0.4 is 15.1 Å². The maximum absolute atomic E-state index is 13.1. The number of hydrogen-bond acceptors (Lipinski definition) is 6. The van der Waals surface area contributed by atoms with E-state index < -0.39 is 11.7 Å². The highest BCUT2D eigenvalue weighted by Gasteiger charge is 2.31. The van der Waals surface area contributed by atoms with Crippen molar-refractivity contribution in [2.45, 2.75) is 37.4 Å². The molecule has 0 unspecified atom stereocenters. The Balaban J connectivity index is 1.32. The molecular formula is C28H31ClF3N5OS. The van der Waals surface area contributed by atoms with Gasteiger partial charge in [0.05, 0.1) is 5.56 Å². The fraction of sp³-hybridized carbons (Fsp3) is 0.393. The fourth-order valence-corrected chi connectivity index (χ4v) is 5.20. The molecule has 0 radical (unpaired) electrons. The van der Waals surface area contributed by atoms with E-state index in [-0.39, 0.29) is 5.91 Å². The van der Waals surface area contributed by atoms with Crippen LogP contribution in [0, 0.1) is 5.92 Å². The lowest BCUT2D eigenvalue weighted by atomic mass is 10.1. The first kappa shape index (κ1) is 29.0. The molecule has 39 heavy (non-hydrogen) atoms. The summed E-state index contributed by atoms with van der Waals surface area (Å²) in [6, 6.07) is 14.6. The number of aromatic nitrogens is 2. The maximum Gasteiger partial charge on any atom is 0.416 e. The predicted octanol–water partition coefficient (Wildman–Crippen LogP) is 6.54. The highest BCUT2D eigenvalue weighted by atomic mass is 35.5. The molecule has 11 heteroatoms. The summed E-state index contributed by atoms with van der Waals surface area (Å²) in [4.78, 5) is 25.3. The fourth-order valence-electron chi connectivity index (χ4n) is 4.16. The van der Waals surface area contributed by atoms with Crippen molar-refractivity contribution >= 4 is 40.8 Å². The molecule has 0 atom stereocenters. The third kappa shape index (κ3) is 8.25. The molecule has 0 saturated carbocycles. The summed E-state index contributed by atoms with van der Waals surface area (Å²) in [6.45, 7) is 7.20. The minimum Gasteiger partial charge on any atom is -0.368 e. The lowest BCUT2D eigenvalue weighted by molar-refractivity contribution is -0.137. The molecule has 1 aliphatic heterocycles. The molecule has 0 aliphatic carbocycles. The SMILES string of the molecule is CC(C)CCNC(=O)c1ccc(CSc2nc(Cl)cc(N3CCN(c4cccc(C(F)(F)F)c4)CC3)n2)cc1. The minimum atomic E-state index is -4.37. The second-order valence-electron chi connectivity index (χ2n) is 9.78. The molecule has 6 nitrogen and oxygen atoms in total. The Morgan fingerprint density at radius 1 is 1.03 bits per heavy atom. The molecule has 1 N–H and O–H groups in total. The van der Waals surface area contributed by atoms with Gasteiger partial charge in [0.2, 0.25) is 0 Å². The second kappa shape index (κ2) is 12.9. The van der Waals surface area contributed by atoms with Gasteiger partial charge in [0.1, 0.15) is 11.0 Å². The topological polar surface area (TPSA) is 61.4 Å². The van der Waals surface area contributed by atoms with Gasteiger partial charge in [0, 0.05) is 55.8 Å². The van der Waals surface area contributed by atoms with E-state index in [1.54, 1.807) is 12.1 Å². The van der Waals surface area contributed by atoms with E-state index in [1.807, 2.05) is 29.2 Å². The number of nitrogens with zero attached hydrogens (tertiary/aromatic N) is 4. The number of anilines is 2. The first-order chi connectivity index (χ1) is 18.6. The Kier molecular flexibility index (Phi) is 9.61. The van der Waals surface area contributed by atoms with Gasteiger partial charge in [0.15, 0.2) is 5.16 Å². The van der Waals surface area contributed by atoms with Crippen molar-refractivity contribution < 1.29 is 18.0 Å². The average molecular weight is 578 g/mol. The normalized spacial score (nSPS) is 14.1. The lowest BCUT2D eigenvalue weighted by Gasteiger charge is -2.37. The van der Waals surface area contributed by atoms with Gasteiger partial charge in [-0.3, -0.25) is 4.79 Å². The standard InChI is InChI=1S/C28H31ClF3N5OS/c1-19(2)10-11-33-26(38)21-8-6-20(7-9-21)18-39-27-34-24(29)17-25(35-27)37-14-12-36(13-15-37)23-5-3-4-22(16-23)28(30,31)32/h3-9,16-17,19H,10-15,18H2,1-2H3,(H,33,38). The van der Waals surface area contributed by atoms with Gasteiger partial charge < -0.3 is 15.1 Å². The molecule has 1 aliphatic rings. The highest BCUT2D eigenvalue weighted by Crippen LogP contribution is 2.32. The van der Waals surface area contributed by atoms with Gasteiger partial charge in [-0.1, -0.05) is 55.4 Å². The van der Waals surface area contributed by atoms with Crippen LogP contribution >= 0.6 is 23.4 Å². The summed E-state index contributed by atoms with van der Waals surface area (Å²) in [5.74, 6) is 1.76. The van der Waals surface area contributed by atoms with Crippen LogP contribution in [-0.2, 0) is 11.9 Å². The maximum atomic E-state index is 13.1. The van der Waals surface area contributed by atoms with Gasteiger partial charge in [-0.15, -0.1) is 0 Å². The van der Waals surface area contributed by atoms with E-state index in [1.165, 1.54) is 23.9 Å². The van der Waals surface area contributed by atoms with Crippen molar-refractivity contribution in [2.24, 2.45) is 5.92 Å². The first-order valence-electron chi connectivity index (χ1n) is 12.8. The van der Waals surface area contributed by atoms with Gasteiger partial charge >= 0.3 is 6.18 Å². The van der Waals surface area contributed by atoms with Crippen molar-refractivity contribution in [1.29, 1.82) is 0 Å². The molecule has 1 amide bonds. The molecule has 0 spiro atoms. The smallest absolute Gasteiger partial charge is 0.368 e. The van der Waals surface area contributed by atoms with Crippen molar-refractivity contribution in [2.75, 3.05) is 42.5 Å². The number of benzene rings is 2. The van der Waals surface area contributed by atoms with E-state index in [0.717, 1.165) is 18.1 Å². The van der Waals surface area contributed by atoms with E-state index in [2.05, 4.69) is 34.0 Å².